The molecule has 0 saturated heterocycles. The lowest BCUT2D eigenvalue weighted by Crippen LogP contribution is -2.43. The molecule has 0 aromatic heterocycles. The molecule has 3 nitrogen and oxygen atoms in total. The zero-order valence-corrected chi connectivity index (χ0v) is 14.5. The molecule has 4 heteroatoms. The van der Waals surface area contributed by atoms with Crippen LogP contribution in [0, 0.1) is 16.7 Å². The van der Waals surface area contributed by atoms with Crippen molar-refractivity contribution in [2.45, 2.75) is 39.2 Å². The molecule has 2 saturated carbocycles. The minimum absolute atomic E-state index is 0.0132. The summed E-state index contributed by atoms with van der Waals surface area (Å²) in [7, 11) is -1.25. The fraction of sp³-hybridized carbons (Fsp3) is 0.526. The summed E-state index contributed by atoms with van der Waals surface area (Å²) in [5, 5.41) is 12.0. The highest BCUT2D eigenvalue weighted by molar-refractivity contribution is 7.88. The molecule has 0 amide bonds. The quantitative estimate of drug-likeness (QED) is 0.665. The van der Waals surface area contributed by atoms with Crippen LogP contribution in [0.2, 0.25) is 0 Å². The molecule has 23 heavy (non-hydrogen) atoms. The number of ketones is 1. The first-order chi connectivity index (χ1) is 10.9. The van der Waals surface area contributed by atoms with Gasteiger partial charge in [0.2, 0.25) is 0 Å². The number of hydrogen-bond donors (Lipinski definition) is 1. The number of allylic oxidation sites excluding steroid dienone is 1. The number of fused-ring (bicyclic) bond motifs is 2. The lowest BCUT2D eigenvalue weighted by Gasteiger charge is -2.39. The maximum absolute atomic E-state index is 12.5. The van der Waals surface area contributed by atoms with Crippen molar-refractivity contribution in [3.8, 4) is 0 Å². The van der Waals surface area contributed by atoms with Crippen molar-refractivity contribution in [2.24, 2.45) is 16.7 Å². The average molecular weight is 332 g/mol. The van der Waals surface area contributed by atoms with Crippen molar-refractivity contribution in [2.75, 3.05) is 5.75 Å². The van der Waals surface area contributed by atoms with E-state index in [4.69, 9.17) is 0 Å². The highest BCUT2D eigenvalue weighted by Gasteiger charge is 2.63. The zero-order valence-electron chi connectivity index (χ0n) is 13.7. The summed E-state index contributed by atoms with van der Waals surface area (Å²) in [5.74, 6) is 0.826. The van der Waals surface area contributed by atoms with Gasteiger partial charge < -0.3 is 5.11 Å². The molecule has 4 atom stereocenters. The smallest absolute Gasteiger partial charge is 0.186 e. The van der Waals surface area contributed by atoms with E-state index in [1.165, 1.54) is 11.5 Å². The molecule has 0 aliphatic heterocycles. The van der Waals surface area contributed by atoms with E-state index in [-0.39, 0.29) is 22.7 Å². The molecule has 2 aliphatic rings. The molecule has 2 fully saturated rings. The van der Waals surface area contributed by atoms with Crippen molar-refractivity contribution in [1.82, 2.24) is 0 Å². The SMILES string of the molecule is CC1(C)[C@@H]2CC[C@@]1(C[S@@](=O)/C=C/C(=O)c1ccccc1)[C@H](O)C2. The van der Waals surface area contributed by atoms with Crippen LogP contribution in [0.5, 0.6) is 0 Å². The second-order valence-electron chi connectivity index (χ2n) is 7.42. The van der Waals surface area contributed by atoms with Gasteiger partial charge in [-0.3, -0.25) is 9.00 Å². The van der Waals surface area contributed by atoms with E-state index in [0.717, 1.165) is 19.3 Å². The summed E-state index contributed by atoms with van der Waals surface area (Å²) in [6.45, 7) is 4.38. The highest BCUT2D eigenvalue weighted by Crippen LogP contribution is 2.65. The molecule has 0 spiro atoms. The molecule has 0 heterocycles. The first-order valence-corrected chi connectivity index (χ1v) is 9.58. The summed E-state index contributed by atoms with van der Waals surface area (Å²) in [6.07, 6.45) is 3.88. The van der Waals surface area contributed by atoms with Gasteiger partial charge in [0.15, 0.2) is 5.78 Å². The van der Waals surface area contributed by atoms with Crippen LogP contribution >= 0.6 is 0 Å². The molecule has 0 unspecified atom stereocenters. The van der Waals surface area contributed by atoms with Crippen LogP contribution in [0.3, 0.4) is 0 Å². The van der Waals surface area contributed by atoms with Gasteiger partial charge in [-0.2, -0.15) is 0 Å². The molecule has 1 aromatic carbocycles. The number of aliphatic hydroxyl groups is 1. The second kappa shape index (κ2) is 5.99. The second-order valence-corrected chi connectivity index (χ2v) is 8.75. The third kappa shape index (κ3) is 2.72. The minimum Gasteiger partial charge on any atom is -0.392 e. The Morgan fingerprint density at radius 2 is 2.04 bits per heavy atom. The first kappa shape index (κ1) is 16.6. The summed E-state index contributed by atoms with van der Waals surface area (Å²) in [5.41, 5.74) is 0.336. The maximum atomic E-state index is 12.5. The van der Waals surface area contributed by atoms with Gasteiger partial charge in [0.05, 0.1) is 6.10 Å². The zero-order chi connectivity index (χ0) is 16.7. The number of benzene rings is 1. The van der Waals surface area contributed by atoms with Gasteiger partial charge in [-0.25, -0.2) is 0 Å². The van der Waals surface area contributed by atoms with Gasteiger partial charge in [-0.05, 0) is 36.7 Å². The first-order valence-electron chi connectivity index (χ1n) is 8.20. The van der Waals surface area contributed by atoms with Crippen molar-refractivity contribution < 1.29 is 14.1 Å². The van der Waals surface area contributed by atoms with Crippen molar-refractivity contribution in [3.05, 3.63) is 47.4 Å². The summed E-state index contributed by atoms with van der Waals surface area (Å²) >= 11 is 0. The van der Waals surface area contributed by atoms with Crippen LogP contribution in [0.4, 0.5) is 0 Å². The maximum Gasteiger partial charge on any atom is 0.186 e. The van der Waals surface area contributed by atoms with Crippen LogP contribution in [0.15, 0.2) is 41.8 Å². The van der Waals surface area contributed by atoms with E-state index in [1.807, 2.05) is 18.2 Å². The van der Waals surface area contributed by atoms with Gasteiger partial charge in [0, 0.05) is 32.9 Å². The Kier molecular flexibility index (Phi) is 4.32. The summed E-state index contributed by atoms with van der Waals surface area (Å²) < 4.78 is 12.5. The van der Waals surface area contributed by atoms with E-state index in [0.29, 0.717) is 17.2 Å². The Balaban J connectivity index is 1.70. The van der Waals surface area contributed by atoms with Gasteiger partial charge in [-0.1, -0.05) is 44.2 Å². The van der Waals surface area contributed by atoms with Crippen LogP contribution in [-0.4, -0.2) is 27.0 Å². The third-order valence-electron chi connectivity index (χ3n) is 6.22. The van der Waals surface area contributed by atoms with Crippen molar-refractivity contribution in [3.63, 3.8) is 0 Å². The minimum atomic E-state index is -1.25. The number of carbonyl (C=O) groups excluding carboxylic acids is 1. The Morgan fingerprint density at radius 1 is 1.35 bits per heavy atom. The number of aliphatic hydroxyl groups excluding tert-OH is 1. The topological polar surface area (TPSA) is 54.4 Å². The van der Waals surface area contributed by atoms with Crippen LogP contribution in [0.1, 0.15) is 43.5 Å². The van der Waals surface area contributed by atoms with Gasteiger partial charge in [-0.15, -0.1) is 0 Å². The molecule has 0 radical (unpaired) electrons. The van der Waals surface area contributed by atoms with Gasteiger partial charge >= 0.3 is 0 Å². The van der Waals surface area contributed by atoms with E-state index in [2.05, 4.69) is 13.8 Å². The molecule has 124 valence electrons. The van der Waals surface area contributed by atoms with Gasteiger partial charge in [0.1, 0.15) is 0 Å². The Labute approximate surface area is 140 Å². The molecule has 3 rings (SSSR count). The summed E-state index contributed by atoms with van der Waals surface area (Å²) in [6, 6.07) is 8.98. The largest absolute Gasteiger partial charge is 0.392 e. The summed E-state index contributed by atoms with van der Waals surface area (Å²) in [4.78, 5) is 12.1. The number of rotatable bonds is 5. The fourth-order valence-electron chi connectivity index (χ4n) is 4.52. The molecular formula is C19H24O3S. The highest BCUT2D eigenvalue weighted by atomic mass is 32.2. The van der Waals surface area contributed by atoms with Crippen molar-refractivity contribution >= 4 is 16.6 Å². The Bertz CT molecular complexity index is 650. The monoisotopic (exact) mass is 332 g/mol. The average Bonchev–Trinajstić information content (AvgIpc) is 2.88. The van der Waals surface area contributed by atoms with E-state index >= 15 is 0 Å². The van der Waals surface area contributed by atoms with Crippen molar-refractivity contribution in [1.29, 1.82) is 0 Å². The van der Waals surface area contributed by atoms with Gasteiger partial charge in [0.25, 0.3) is 0 Å². The number of hydrogen-bond acceptors (Lipinski definition) is 3. The van der Waals surface area contributed by atoms with E-state index in [1.54, 1.807) is 12.1 Å². The lowest BCUT2D eigenvalue weighted by atomic mass is 9.70. The van der Waals surface area contributed by atoms with Crippen LogP contribution in [0.25, 0.3) is 0 Å². The predicted octanol–water partition coefficient (Wildman–Crippen LogP) is 3.32. The molecule has 1 N–H and O–H groups in total. The third-order valence-corrected chi connectivity index (χ3v) is 7.46. The molecule has 2 aliphatic carbocycles. The molecule has 1 aromatic rings. The Hall–Kier alpha value is -1.26. The lowest BCUT2D eigenvalue weighted by molar-refractivity contribution is 0.0162. The molecule has 2 bridgehead atoms. The number of carbonyl (C=O) groups is 1. The van der Waals surface area contributed by atoms with E-state index < -0.39 is 10.8 Å². The normalized spacial score (nSPS) is 33.2. The van der Waals surface area contributed by atoms with Crippen LogP contribution in [-0.2, 0) is 10.8 Å². The standard InChI is InChI=1S/C19H24O3S/c1-18(2)15-8-10-19(18,17(21)12-15)13-23(22)11-9-16(20)14-6-4-3-5-7-14/h3-7,9,11,15,17,21H,8,10,12-13H2,1-2H3/b11-9+/t15-,17-,19-,23+/m1/s1. The Morgan fingerprint density at radius 3 is 2.61 bits per heavy atom. The fourth-order valence-corrected chi connectivity index (χ4v) is 6.11. The van der Waals surface area contributed by atoms with Crippen LogP contribution < -0.4 is 0 Å². The predicted molar refractivity (Wildman–Crippen MR) is 92.5 cm³/mol. The van der Waals surface area contributed by atoms with E-state index in [9.17, 15) is 14.1 Å². The molecular weight excluding hydrogens is 308 g/mol.